The van der Waals surface area contributed by atoms with Crippen molar-refractivity contribution in [2.45, 2.75) is 44.6 Å². The van der Waals surface area contributed by atoms with Gasteiger partial charge in [0.25, 0.3) is 0 Å². The number of methoxy groups -OCH3 is 1. The van der Waals surface area contributed by atoms with Crippen molar-refractivity contribution >= 4 is 22.6 Å². The van der Waals surface area contributed by atoms with Gasteiger partial charge in [-0.2, -0.15) is 5.10 Å². The summed E-state index contributed by atoms with van der Waals surface area (Å²) in [5.41, 5.74) is 3.06. The normalized spacial score (nSPS) is 14.1. The van der Waals surface area contributed by atoms with Crippen LogP contribution in [0.2, 0.25) is 0 Å². The van der Waals surface area contributed by atoms with Gasteiger partial charge in [0, 0.05) is 30.5 Å². The maximum absolute atomic E-state index is 12.0. The maximum atomic E-state index is 12.0. The van der Waals surface area contributed by atoms with E-state index in [4.69, 9.17) is 9.47 Å². The fourth-order valence-corrected chi connectivity index (χ4v) is 4.14. The van der Waals surface area contributed by atoms with Gasteiger partial charge in [-0.05, 0) is 61.4 Å². The number of benzene rings is 2. The molecule has 1 fully saturated rings. The number of ether oxygens (including phenoxy) is 2. The van der Waals surface area contributed by atoms with E-state index in [1.165, 1.54) is 13.2 Å². The number of nitro groups is 1. The van der Waals surface area contributed by atoms with Crippen molar-refractivity contribution in [1.82, 2.24) is 9.78 Å². The van der Waals surface area contributed by atoms with Crippen LogP contribution in [-0.4, -0.2) is 33.9 Å². The van der Waals surface area contributed by atoms with Crippen LogP contribution >= 0.6 is 0 Å². The zero-order valence-corrected chi connectivity index (χ0v) is 17.7. The van der Waals surface area contributed by atoms with Crippen LogP contribution < -0.4 is 4.74 Å². The van der Waals surface area contributed by atoms with Crippen LogP contribution in [0.3, 0.4) is 0 Å². The molecule has 4 rings (SSSR count). The molecular formula is C23H25N3O5. The lowest BCUT2D eigenvalue weighted by atomic mass is 9.97. The number of aryl methyl sites for hydroxylation is 2. The van der Waals surface area contributed by atoms with Crippen LogP contribution in [0.4, 0.5) is 5.69 Å². The highest BCUT2D eigenvalue weighted by atomic mass is 16.6. The number of hydrogen-bond acceptors (Lipinski definition) is 6. The zero-order valence-electron chi connectivity index (χ0n) is 17.7. The summed E-state index contributed by atoms with van der Waals surface area (Å²) in [5.74, 6) is -0.0609. The molecule has 0 amide bonds. The van der Waals surface area contributed by atoms with E-state index in [2.05, 4.69) is 5.10 Å². The molecule has 1 heterocycles. The average Bonchev–Trinajstić information content (AvgIpc) is 3.41. The molecule has 0 saturated heterocycles. The number of carbonyl (C=O) groups is 1. The Kier molecular flexibility index (Phi) is 5.88. The quantitative estimate of drug-likeness (QED) is 0.314. The van der Waals surface area contributed by atoms with Crippen LogP contribution in [0.15, 0.2) is 36.5 Å². The van der Waals surface area contributed by atoms with Gasteiger partial charge in [0.15, 0.2) is 0 Å². The molecule has 0 radical (unpaired) electrons. The minimum absolute atomic E-state index is 0.0273. The molecule has 0 aliphatic heterocycles. The van der Waals surface area contributed by atoms with E-state index in [1.54, 1.807) is 10.9 Å². The average molecular weight is 423 g/mol. The molecule has 3 aromatic rings. The minimum atomic E-state index is -0.405. The Morgan fingerprint density at radius 2 is 2.03 bits per heavy atom. The topological polar surface area (TPSA) is 96.5 Å². The van der Waals surface area contributed by atoms with Gasteiger partial charge in [-0.1, -0.05) is 6.07 Å². The summed E-state index contributed by atoms with van der Waals surface area (Å²) in [4.78, 5) is 23.2. The van der Waals surface area contributed by atoms with Gasteiger partial charge in [-0.25, -0.2) is 0 Å². The van der Waals surface area contributed by atoms with Gasteiger partial charge in [0.1, 0.15) is 0 Å². The monoisotopic (exact) mass is 423 g/mol. The molecule has 1 aromatic heterocycles. The second-order valence-electron chi connectivity index (χ2n) is 7.89. The molecule has 0 atom stereocenters. The fourth-order valence-electron chi connectivity index (χ4n) is 4.14. The van der Waals surface area contributed by atoms with Crippen LogP contribution in [0.25, 0.3) is 22.0 Å². The van der Waals surface area contributed by atoms with Crippen LogP contribution in [0.1, 0.15) is 37.7 Å². The Hall–Kier alpha value is -3.42. The molecule has 1 saturated carbocycles. The predicted molar refractivity (Wildman–Crippen MR) is 116 cm³/mol. The Balaban J connectivity index is 1.83. The molecular weight excluding hydrogens is 398 g/mol. The summed E-state index contributed by atoms with van der Waals surface area (Å²) < 4.78 is 12.7. The minimum Gasteiger partial charge on any atom is -0.483 e. The van der Waals surface area contributed by atoms with Crippen molar-refractivity contribution in [3.63, 3.8) is 0 Å². The number of esters is 1. The second kappa shape index (κ2) is 8.75. The van der Waals surface area contributed by atoms with Gasteiger partial charge < -0.3 is 9.47 Å². The van der Waals surface area contributed by atoms with Gasteiger partial charge >= 0.3 is 11.7 Å². The number of rotatable bonds is 7. The standard InChI is InChI=1S/C23H25N3O5/c1-25-20-9-8-16(13-17(20)14-24-25)19-11-15(7-10-22(27)30-2)12-21(26(28)29)23(19)31-18-5-3-4-6-18/h8-9,11-14,18H,3-7,10H2,1-2H3. The van der Waals surface area contributed by atoms with Crippen molar-refractivity contribution in [2.75, 3.05) is 7.11 Å². The third-order valence-corrected chi connectivity index (χ3v) is 5.82. The summed E-state index contributed by atoms with van der Waals surface area (Å²) in [6, 6.07) is 9.24. The lowest BCUT2D eigenvalue weighted by molar-refractivity contribution is -0.386. The molecule has 0 unspecified atom stereocenters. The number of nitrogens with zero attached hydrogens (tertiary/aromatic N) is 3. The summed E-state index contributed by atoms with van der Waals surface area (Å²) in [7, 11) is 3.20. The predicted octanol–water partition coefficient (Wildman–Crippen LogP) is 4.58. The fraction of sp³-hybridized carbons (Fsp3) is 0.391. The number of hydrogen-bond donors (Lipinski definition) is 0. The zero-order chi connectivity index (χ0) is 22.0. The summed E-state index contributed by atoms with van der Waals surface area (Å²) >= 11 is 0. The van der Waals surface area contributed by atoms with E-state index < -0.39 is 4.92 Å². The van der Waals surface area contributed by atoms with Gasteiger partial charge in [0.2, 0.25) is 5.75 Å². The first kappa shape index (κ1) is 20.8. The van der Waals surface area contributed by atoms with E-state index in [0.717, 1.165) is 42.1 Å². The lowest BCUT2D eigenvalue weighted by Gasteiger charge is -2.18. The molecule has 0 spiro atoms. The van der Waals surface area contributed by atoms with Crippen LogP contribution in [0, 0.1) is 10.1 Å². The molecule has 8 heteroatoms. The van der Waals surface area contributed by atoms with Crippen molar-refractivity contribution in [1.29, 1.82) is 0 Å². The molecule has 31 heavy (non-hydrogen) atoms. The van der Waals surface area contributed by atoms with Gasteiger partial charge in [-0.15, -0.1) is 0 Å². The Morgan fingerprint density at radius 3 is 2.74 bits per heavy atom. The van der Waals surface area contributed by atoms with E-state index in [9.17, 15) is 14.9 Å². The van der Waals surface area contributed by atoms with Crippen LogP contribution in [0.5, 0.6) is 5.75 Å². The Morgan fingerprint density at radius 1 is 1.26 bits per heavy atom. The number of carbonyl (C=O) groups excluding carboxylic acids is 1. The van der Waals surface area contributed by atoms with E-state index in [-0.39, 0.29) is 24.2 Å². The highest BCUT2D eigenvalue weighted by Gasteiger charge is 2.27. The molecule has 1 aliphatic carbocycles. The van der Waals surface area contributed by atoms with Crippen molar-refractivity contribution in [2.24, 2.45) is 7.05 Å². The number of aromatic nitrogens is 2. The Labute approximate surface area is 179 Å². The van der Waals surface area contributed by atoms with E-state index in [0.29, 0.717) is 23.3 Å². The van der Waals surface area contributed by atoms with Gasteiger partial charge in [-0.3, -0.25) is 19.6 Å². The molecule has 0 N–H and O–H groups in total. The number of nitro benzene ring substituents is 1. The molecule has 162 valence electrons. The molecule has 0 bridgehead atoms. The largest absolute Gasteiger partial charge is 0.483 e. The highest BCUT2D eigenvalue weighted by molar-refractivity contribution is 5.87. The summed E-state index contributed by atoms with van der Waals surface area (Å²) in [6.45, 7) is 0. The smallest absolute Gasteiger partial charge is 0.311 e. The third kappa shape index (κ3) is 4.38. The first-order valence-electron chi connectivity index (χ1n) is 10.4. The SMILES string of the molecule is COC(=O)CCc1cc(-c2ccc3c(cnn3C)c2)c(OC2CCCC2)c([N+](=O)[O-])c1. The summed E-state index contributed by atoms with van der Waals surface area (Å²) in [5, 5.41) is 17.2. The molecule has 1 aliphatic rings. The van der Waals surface area contributed by atoms with E-state index in [1.807, 2.05) is 31.3 Å². The Bertz CT molecular complexity index is 1130. The van der Waals surface area contributed by atoms with Crippen molar-refractivity contribution < 1.29 is 19.2 Å². The second-order valence-corrected chi connectivity index (χ2v) is 7.89. The first-order chi connectivity index (χ1) is 15.0. The van der Waals surface area contributed by atoms with E-state index >= 15 is 0 Å². The van der Waals surface area contributed by atoms with Crippen LogP contribution in [-0.2, 0) is 23.0 Å². The lowest BCUT2D eigenvalue weighted by Crippen LogP contribution is -2.13. The van der Waals surface area contributed by atoms with Gasteiger partial charge in [0.05, 0.1) is 29.9 Å². The maximum Gasteiger partial charge on any atom is 0.311 e. The van der Waals surface area contributed by atoms with Crippen molar-refractivity contribution in [3.05, 3.63) is 52.2 Å². The highest BCUT2D eigenvalue weighted by Crippen LogP contribution is 2.42. The molecule has 8 nitrogen and oxygen atoms in total. The number of fused-ring (bicyclic) bond motifs is 1. The summed E-state index contributed by atoms with van der Waals surface area (Å²) in [6.07, 6.45) is 6.15. The third-order valence-electron chi connectivity index (χ3n) is 5.82. The molecule has 2 aromatic carbocycles. The first-order valence-corrected chi connectivity index (χ1v) is 10.4. The van der Waals surface area contributed by atoms with Crippen molar-refractivity contribution in [3.8, 4) is 16.9 Å².